The van der Waals surface area contributed by atoms with E-state index in [0.717, 1.165) is 25.2 Å². The molecule has 2 aromatic carbocycles. The molecule has 2 aromatic rings. The molecule has 1 saturated heterocycles. The van der Waals surface area contributed by atoms with Crippen LogP contribution in [0.25, 0.3) is 0 Å². The van der Waals surface area contributed by atoms with Crippen molar-refractivity contribution in [3.05, 3.63) is 59.2 Å². The second kappa shape index (κ2) is 12.1. The number of benzene rings is 2. The summed E-state index contributed by atoms with van der Waals surface area (Å²) in [6, 6.07) is 12.5. The average molecular weight is 476 g/mol. The number of piperidine rings is 1. The summed E-state index contributed by atoms with van der Waals surface area (Å²) in [6.07, 6.45) is 3.74. The van der Waals surface area contributed by atoms with Crippen molar-refractivity contribution < 1.29 is 22.7 Å². The van der Waals surface area contributed by atoms with Crippen LogP contribution < -0.4 is 14.8 Å². The van der Waals surface area contributed by atoms with Gasteiger partial charge >= 0.3 is 0 Å². The van der Waals surface area contributed by atoms with Gasteiger partial charge in [0.25, 0.3) is 5.91 Å². The van der Waals surface area contributed by atoms with Crippen molar-refractivity contribution in [2.75, 3.05) is 40.5 Å². The molecule has 1 amide bonds. The number of carbonyl (C=O) groups is 1. The van der Waals surface area contributed by atoms with E-state index < -0.39 is 10.0 Å². The highest BCUT2D eigenvalue weighted by molar-refractivity contribution is 7.89. The normalized spacial score (nSPS) is 14.7. The number of nitrogens with zero attached hydrogens (tertiary/aromatic N) is 1. The van der Waals surface area contributed by atoms with Crippen LogP contribution >= 0.6 is 0 Å². The fourth-order valence-electron chi connectivity index (χ4n) is 3.90. The Morgan fingerprint density at radius 1 is 1.03 bits per heavy atom. The SMILES string of the molecule is COCCNS(=O)(=O)c1cc(C(=O)NCc2ccccc2CN2CCCCC2)ccc1OC. The van der Waals surface area contributed by atoms with Crippen LogP contribution in [0.2, 0.25) is 0 Å². The van der Waals surface area contributed by atoms with E-state index in [2.05, 4.69) is 21.0 Å². The second-order valence-corrected chi connectivity index (χ2v) is 9.78. The number of hydrogen-bond donors (Lipinski definition) is 2. The molecule has 9 heteroatoms. The number of amides is 1. The minimum Gasteiger partial charge on any atom is -0.495 e. The van der Waals surface area contributed by atoms with Crippen LogP contribution in [0.3, 0.4) is 0 Å². The van der Waals surface area contributed by atoms with Gasteiger partial charge in [-0.1, -0.05) is 30.7 Å². The molecule has 1 aliphatic heterocycles. The zero-order valence-electron chi connectivity index (χ0n) is 19.3. The Hall–Kier alpha value is -2.46. The Kier molecular flexibility index (Phi) is 9.25. The number of sulfonamides is 1. The molecule has 1 fully saturated rings. The third-order valence-electron chi connectivity index (χ3n) is 5.71. The Morgan fingerprint density at radius 2 is 1.76 bits per heavy atom. The van der Waals surface area contributed by atoms with Crippen molar-refractivity contribution in [3.63, 3.8) is 0 Å². The lowest BCUT2D eigenvalue weighted by Crippen LogP contribution is -2.30. The Labute approximate surface area is 196 Å². The molecule has 180 valence electrons. The van der Waals surface area contributed by atoms with Gasteiger partial charge < -0.3 is 14.8 Å². The number of hydrogen-bond acceptors (Lipinski definition) is 6. The van der Waals surface area contributed by atoms with Crippen LogP contribution in [0.5, 0.6) is 5.75 Å². The standard InChI is InChI=1S/C24H33N3O5S/c1-31-15-12-26-33(29,30)23-16-19(10-11-22(23)32-2)24(28)25-17-20-8-4-5-9-21(20)18-27-13-6-3-7-14-27/h4-5,8-11,16,26H,3,6-7,12-15,17-18H2,1-2H3,(H,25,28). The van der Waals surface area contributed by atoms with Crippen LogP contribution in [0.1, 0.15) is 40.7 Å². The Bertz CT molecular complexity index is 1040. The first kappa shape index (κ1) is 25.2. The van der Waals surface area contributed by atoms with Gasteiger partial charge in [0.2, 0.25) is 10.0 Å². The molecule has 1 aliphatic rings. The van der Waals surface area contributed by atoms with E-state index in [1.54, 1.807) is 6.07 Å². The summed E-state index contributed by atoms with van der Waals surface area (Å²) >= 11 is 0. The third-order valence-corrected chi connectivity index (χ3v) is 7.20. The van der Waals surface area contributed by atoms with Crippen molar-refractivity contribution >= 4 is 15.9 Å². The Morgan fingerprint density at radius 3 is 2.45 bits per heavy atom. The number of methoxy groups -OCH3 is 2. The Balaban J connectivity index is 1.71. The van der Waals surface area contributed by atoms with Gasteiger partial charge in [0.05, 0.1) is 13.7 Å². The summed E-state index contributed by atoms with van der Waals surface area (Å²) < 4.78 is 37.9. The van der Waals surface area contributed by atoms with E-state index >= 15 is 0 Å². The van der Waals surface area contributed by atoms with Crippen LogP contribution in [0.4, 0.5) is 0 Å². The van der Waals surface area contributed by atoms with Crippen LogP contribution in [-0.4, -0.2) is 59.7 Å². The van der Waals surface area contributed by atoms with E-state index in [0.29, 0.717) is 6.54 Å². The summed E-state index contributed by atoms with van der Waals surface area (Å²) in [7, 11) is -0.980. The number of nitrogens with one attached hydrogen (secondary N) is 2. The molecule has 3 rings (SSSR count). The predicted molar refractivity (Wildman–Crippen MR) is 127 cm³/mol. The molecule has 0 radical (unpaired) electrons. The molecule has 0 unspecified atom stereocenters. The van der Waals surface area contributed by atoms with E-state index in [9.17, 15) is 13.2 Å². The molecule has 8 nitrogen and oxygen atoms in total. The minimum absolute atomic E-state index is 0.0840. The van der Waals surface area contributed by atoms with Gasteiger partial charge in [-0.25, -0.2) is 13.1 Å². The molecular formula is C24H33N3O5S. The predicted octanol–water partition coefficient (Wildman–Crippen LogP) is 2.54. The van der Waals surface area contributed by atoms with Gasteiger partial charge in [0, 0.05) is 32.3 Å². The zero-order valence-corrected chi connectivity index (χ0v) is 20.1. The number of rotatable bonds is 11. The van der Waals surface area contributed by atoms with Crippen molar-refractivity contribution in [1.82, 2.24) is 14.9 Å². The highest BCUT2D eigenvalue weighted by Gasteiger charge is 2.21. The molecule has 0 atom stereocenters. The molecule has 0 bridgehead atoms. The highest BCUT2D eigenvalue weighted by atomic mass is 32.2. The molecule has 33 heavy (non-hydrogen) atoms. The average Bonchev–Trinajstić information content (AvgIpc) is 2.83. The number of ether oxygens (including phenoxy) is 2. The largest absolute Gasteiger partial charge is 0.495 e. The minimum atomic E-state index is -3.86. The molecule has 2 N–H and O–H groups in total. The van der Waals surface area contributed by atoms with Crippen LogP contribution in [-0.2, 0) is 27.8 Å². The summed E-state index contributed by atoms with van der Waals surface area (Å²) in [4.78, 5) is 15.2. The lowest BCUT2D eigenvalue weighted by Gasteiger charge is -2.27. The van der Waals surface area contributed by atoms with Gasteiger partial charge in [-0.2, -0.15) is 0 Å². The van der Waals surface area contributed by atoms with Gasteiger partial charge in [0.1, 0.15) is 10.6 Å². The van der Waals surface area contributed by atoms with E-state index in [-0.39, 0.29) is 35.3 Å². The molecule has 0 aliphatic carbocycles. The maximum absolute atomic E-state index is 12.9. The third kappa shape index (κ3) is 7.01. The first-order valence-corrected chi connectivity index (χ1v) is 12.7. The fraction of sp³-hybridized carbons (Fsp3) is 0.458. The number of likely N-dealkylation sites (tertiary alicyclic amines) is 1. The topological polar surface area (TPSA) is 97.0 Å². The summed E-state index contributed by atoms with van der Waals surface area (Å²) in [6.45, 7) is 3.78. The first-order valence-electron chi connectivity index (χ1n) is 11.2. The van der Waals surface area contributed by atoms with E-state index in [1.807, 2.05) is 18.2 Å². The molecule has 0 spiro atoms. The van der Waals surface area contributed by atoms with Crippen molar-refractivity contribution in [2.24, 2.45) is 0 Å². The smallest absolute Gasteiger partial charge is 0.251 e. The number of carbonyl (C=O) groups excluding carboxylic acids is 1. The molecule has 0 aromatic heterocycles. The van der Waals surface area contributed by atoms with E-state index in [4.69, 9.17) is 9.47 Å². The fourth-order valence-corrected chi connectivity index (χ4v) is 5.11. The maximum atomic E-state index is 12.9. The highest BCUT2D eigenvalue weighted by Crippen LogP contribution is 2.25. The van der Waals surface area contributed by atoms with Gasteiger partial charge in [-0.15, -0.1) is 0 Å². The van der Waals surface area contributed by atoms with Gasteiger partial charge in [0.15, 0.2) is 0 Å². The van der Waals surface area contributed by atoms with Gasteiger partial charge in [-0.05, 0) is 55.3 Å². The van der Waals surface area contributed by atoms with Crippen molar-refractivity contribution in [3.8, 4) is 5.75 Å². The van der Waals surface area contributed by atoms with E-state index in [1.165, 1.54) is 51.2 Å². The molecular weight excluding hydrogens is 442 g/mol. The van der Waals surface area contributed by atoms with Crippen molar-refractivity contribution in [1.29, 1.82) is 0 Å². The lowest BCUT2D eigenvalue weighted by atomic mass is 10.0. The first-order chi connectivity index (χ1) is 15.9. The quantitative estimate of drug-likeness (QED) is 0.485. The summed E-state index contributed by atoms with van der Waals surface area (Å²) in [5.74, 6) is -0.179. The summed E-state index contributed by atoms with van der Waals surface area (Å²) in [5.41, 5.74) is 2.50. The molecule has 0 saturated carbocycles. The van der Waals surface area contributed by atoms with Crippen molar-refractivity contribution in [2.45, 2.75) is 37.2 Å². The second-order valence-electron chi connectivity index (χ2n) is 8.04. The van der Waals surface area contributed by atoms with Crippen LogP contribution in [0, 0.1) is 0 Å². The van der Waals surface area contributed by atoms with Gasteiger partial charge in [-0.3, -0.25) is 9.69 Å². The summed E-state index contributed by atoms with van der Waals surface area (Å²) in [5, 5.41) is 2.93. The van der Waals surface area contributed by atoms with Crippen LogP contribution in [0.15, 0.2) is 47.4 Å². The molecule has 1 heterocycles. The lowest BCUT2D eigenvalue weighted by molar-refractivity contribution is 0.0950. The zero-order chi connectivity index (χ0) is 23.7. The maximum Gasteiger partial charge on any atom is 0.251 e. The monoisotopic (exact) mass is 475 g/mol.